The van der Waals surface area contributed by atoms with Gasteiger partial charge in [0.1, 0.15) is 11.4 Å². The molecule has 3 aromatic rings. The summed E-state index contributed by atoms with van der Waals surface area (Å²) in [5.41, 5.74) is 4.05. The zero-order valence-corrected chi connectivity index (χ0v) is 17.6. The second kappa shape index (κ2) is 9.76. The Morgan fingerprint density at radius 1 is 0.967 bits per heavy atom. The van der Waals surface area contributed by atoms with Crippen LogP contribution in [-0.2, 0) is 19.6 Å². The van der Waals surface area contributed by atoms with Crippen molar-refractivity contribution < 1.29 is 9.84 Å². The van der Waals surface area contributed by atoms with Gasteiger partial charge in [0.05, 0.1) is 13.2 Å². The Kier molecular flexibility index (Phi) is 6.64. The van der Waals surface area contributed by atoms with Gasteiger partial charge in [0.15, 0.2) is 0 Å². The first-order valence-electron chi connectivity index (χ1n) is 10.9. The molecule has 6 nitrogen and oxygen atoms in total. The fourth-order valence-electron chi connectivity index (χ4n) is 3.88. The Hall–Kier alpha value is -2.86. The first kappa shape index (κ1) is 20.4. The fraction of sp³-hybridized carbons (Fsp3) is 0.417. The smallest absolute Gasteiger partial charge is 0.241 e. The maximum absolute atomic E-state index is 9.24. The molecule has 0 atom stereocenters. The molecule has 1 aromatic heterocycles. The van der Waals surface area contributed by atoms with Crippen molar-refractivity contribution in [2.75, 3.05) is 18.0 Å². The first-order valence-corrected chi connectivity index (χ1v) is 10.9. The van der Waals surface area contributed by atoms with E-state index in [1.54, 1.807) is 0 Å². The molecule has 6 heteroatoms. The summed E-state index contributed by atoms with van der Waals surface area (Å²) in [5, 5.41) is 17.9. The van der Waals surface area contributed by atoms with Gasteiger partial charge in [-0.1, -0.05) is 55.3 Å². The van der Waals surface area contributed by atoms with Gasteiger partial charge in [-0.2, -0.15) is 0 Å². The monoisotopic (exact) mass is 406 g/mol. The molecule has 0 radical (unpaired) electrons. The van der Waals surface area contributed by atoms with E-state index in [-0.39, 0.29) is 6.61 Å². The van der Waals surface area contributed by atoms with Gasteiger partial charge in [-0.3, -0.25) is 0 Å². The molecule has 1 fully saturated rings. The average molecular weight is 407 g/mol. The van der Waals surface area contributed by atoms with E-state index < -0.39 is 0 Å². The normalized spacial score (nSPS) is 14.5. The van der Waals surface area contributed by atoms with Crippen molar-refractivity contribution in [2.24, 2.45) is 0 Å². The lowest BCUT2D eigenvalue weighted by Crippen LogP contribution is -2.23. The summed E-state index contributed by atoms with van der Waals surface area (Å²) in [6, 6.07) is 16.2. The molecule has 0 saturated carbocycles. The maximum atomic E-state index is 9.24. The third-order valence-electron chi connectivity index (χ3n) is 5.63. The van der Waals surface area contributed by atoms with Gasteiger partial charge >= 0.3 is 0 Å². The molecule has 0 unspecified atom stereocenters. The highest BCUT2D eigenvalue weighted by atomic mass is 16.5. The number of rotatable bonds is 7. The van der Waals surface area contributed by atoms with Crippen LogP contribution in [0.5, 0.6) is 11.6 Å². The SMILES string of the molecule is CCc1nnn(Cc2ccc(CO)cc2)c1Oc1cccc(N2CCCCCC2)c1. The number of aryl methyl sites for hydroxylation is 1. The Morgan fingerprint density at radius 3 is 2.40 bits per heavy atom. The van der Waals surface area contributed by atoms with Crippen molar-refractivity contribution >= 4 is 5.69 Å². The number of aromatic nitrogens is 3. The number of aliphatic hydroxyl groups excluding tert-OH is 1. The van der Waals surface area contributed by atoms with E-state index in [0.717, 1.165) is 42.1 Å². The topological polar surface area (TPSA) is 63.4 Å². The molecule has 0 bridgehead atoms. The molecule has 1 aliphatic heterocycles. The quantitative estimate of drug-likeness (QED) is 0.623. The second-order valence-corrected chi connectivity index (χ2v) is 7.83. The summed E-state index contributed by atoms with van der Waals surface area (Å²) in [4.78, 5) is 2.46. The minimum absolute atomic E-state index is 0.0469. The molecule has 1 saturated heterocycles. The highest BCUT2D eigenvalue weighted by Crippen LogP contribution is 2.29. The molecule has 2 heterocycles. The van der Waals surface area contributed by atoms with Crippen LogP contribution in [-0.4, -0.2) is 33.2 Å². The Balaban J connectivity index is 1.55. The summed E-state index contributed by atoms with van der Waals surface area (Å²) in [7, 11) is 0. The third-order valence-corrected chi connectivity index (χ3v) is 5.63. The lowest BCUT2D eigenvalue weighted by molar-refractivity contribution is 0.282. The molecular weight excluding hydrogens is 376 g/mol. The van der Waals surface area contributed by atoms with Crippen LogP contribution in [0.4, 0.5) is 5.69 Å². The van der Waals surface area contributed by atoms with Crippen LogP contribution in [0.3, 0.4) is 0 Å². The van der Waals surface area contributed by atoms with Crippen molar-refractivity contribution in [1.29, 1.82) is 0 Å². The van der Waals surface area contributed by atoms with Gasteiger partial charge in [-0.25, -0.2) is 4.68 Å². The Morgan fingerprint density at radius 2 is 1.70 bits per heavy atom. The lowest BCUT2D eigenvalue weighted by atomic mass is 10.1. The maximum Gasteiger partial charge on any atom is 0.241 e. The molecule has 0 aliphatic carbocycles. The molecule has 0 amide bonds. The van der Waals surface area contributed by atoms with Gasteiger partial charge in [0, 0.05) is 24.8 Å². The number of aliphatic hydroxyl groups is 1. The zero-order chi connectivity index (χ0) is 20.8. The van der Waals surface area contributed by atoms with E-state index in [4.69, 9.17) is 4.74 Å². The van der Waals surface area contributed by atoms with Crippen LogP contribution in [0.2, 0.25) is 0 Å². The third kappa shape index (κ3) is 4.82. The zero-order valence-electron chi connectivity index (χ0n) is 17.6. The molecule has 1 N–H and O–H groups in total. The minimum Gasteiger partial charge on any atom is -0.437 e. The molecule has 2 aromatic carbocycles. The van der Waals surface area contributed by atoms with Gasteiger partial charge in [0.25, 0.3) is 0 Å². The largest absolute Gasteiger partial charge is 0.437 e. The van der Waals surface area contributed by atoms with Crippen LogP contribution in [0.1, 0.15) is 49.4 Å². The van der Waals surface area contributed by atoms with Gasteiger partial charge < -0.3 is 14.7 Å². The van der Waals surface area contributed by atoms with Crippen LogP contribution < -0.4 is 9.64 Å². The highest BCUT2D eigenvalue weighted by molar-refractivity contribution is 5.51. The molecule has 0 spiro atoms. The van der Waals surface area contributed by atoms with E-state index in [0.29, 0.717) is 12.4 Å². The molecular formula is C24H30N4O2. The summed E-state index contributed by atoms with van der Waals surface area (Å²) in [6.07, 6.45) is 5.88. The first-order chi connectivity index (χ1) is 14.8. The van der Waals surface area contributed by atoms with Crippen LogP contribution in [0.25, 0.3) is 0 Å². The fourth-order valence-corrected chi connectivity index (χ4v) is 3.88. The van der Waals surface area contributed by atoms with Crippen molar-refractivity contribution in [2.45, 2.75) is 52.2 Å². The van der Waals surface area contributed by atoms with E-state index in [1.165, 1.54) is 31.4 Å². The van der Waals surface area contributed by atoms with Gasteiger partial charge in [-0.15, -0.1) is 5.10 Å². The van der Waals surface area contributed by atoms with Crippen LogP contribution >= 0.6 is 0 Å². The number of nitrogens with zero attached hydrogens (tertiary/aromatic N) is 4. The summed E-state index contributed by atoms with van der Waals surface area (Å²) in [5.74, 6) is 1.50. The van der Waals surface area contributed by atoms with Crippen molar-refractivity contribution in [3.63, 3.8) is 0 Å². The summed E-state index contributed by atoms with van der Waals surface area (Å²) < 4.78 is 8.13. The molecule has 30 heavy (non-hydrogen) atoms. The Bertz CT molecular complexity index is 944. The van der Waals surface area contributed by atoms with Crippen molar-refractivity contribution in [3.05, 3.63) is 65.4 Å². The predicted octanol–water partition coefficient (Wildman–Crippen LogP) is 4.55. The van der Waals surface area contributed by atoms with E-state index in [9.17, 15) is 5.11 Å². The van der Waals surface area contributed by atoms with Crippen LogP contribution in [0.15, 0.2) is 48.5 Å². The minimum atomic E-state index is 0.0469. The number of benzene rings is 2. The average Bonchev–Trinajstić information content (AvgIpc) is 2.98. The number of hydrogen-bond acceptors (Lipinski definition) is 5. The summed E-state index contributed by atoms with van der Waals surface area (Å²) >= 11 is 0. The highest BCUT2D eigenvalue weighted by Gasteiger charge is 2.16. The second-order valence-electron chi connectivity index (χ2n) is 7.83. The standard InChI is InChI=1S/C24H30N4O2/c1-2-23-24(28(26-25-23)17-19-10-12-20(18-29)13-11-19)30-22-9-7-8-21(16-22)27-14-5-3-4-6-15-27/h7-13,16,29H,2-6,14-15,17-18H2,1H3. The number of anilines is 1. The van der Waals surface area contributed by atoms with Gasteiger partial charge in [0.2, 0.25) is 5.88 Å². The molecule has 4 rings (SSSR count). The molecule has 158 valence electrons. The molecule has 1 aliphatic rings. The van der Waals surface area contributed by atoms with Crippen molar-refractivity contribution in [3.8, 4) is 11.6 Å². The van der Waals surface area contributed by atoms with Gasteiger partial charge in [-0.05, 0) is 42.5 Å². The number of ether oxygens (including phenoxy) is 1. The number of hydrogen-bond donors (Lipinski definition) is 1. The Labute approximate surface area is 178 Å². The summed E-state index contributed by atoms with van der Waals surface area (Å²) in [6.45, 7) is 4.88. The van der Waals surface area contributed by atoms with E-state index in [1.807, 2.05) is 35.0 Å². The van der Waals surface area contributed by atoms with E-state index in [2.05, 4.69) is 40.3 Å². The van der Waals surface area contributed by atoms with Crippen molar-refractivity contribution in [1.82, 2.24) is 15.0 Å². The predicted molar refractivity (Wildman–Crippen MR) is 118 cm³/mol. The van der Waals surface area contributed by atoms with Crippen LogP contribution in [0, 0.1) is 0 Å². The lowest BCUT2D eigenvalue weighted by Gasteiger charge is -2.23. The van der Waals surface area contributed by atoms with E-state index >= 15 is 0 Å².